The van der Waals surface area contributed by atoms with E-state index in [0.29, 0.717) is 47.4 Å². The molecule has 0 saturated carbocycles. The molecule has 1 aromatic carbocycles. The Bertz CT molecular complexity index is 1600. The molecule has 4 aromatic heterocycles. The fourth-order valence-electron chi connectivity index (χ4n) is 4.09. The number of carbonyl (C=O) groups is 2. The van der Waals surface area contributed by atoms with Crippen molar-refractivity contribution in [2.75, 3.05) is 18.4 Å². The molecule has 5 aromatic rings. The zero-order chi connectivity index (χ0) is 24.8. The van der Waals surface area contributed by atoms with Gasteiger partial charge < -0.3 is 24.4 Å². The minimum Gasteiger partial charge on any atom is -0.465 e. The molecule has 2 N–H and O–H groups in total. The number of carboxylic acid groups (broad SMARTS) is 1. The van der Waals surface area contributed by atoms with Gasteiger partial charge in [0.2, 0.25) is 11.7 Å². The Balaban J connectivity index is 1.24. The van der Waals surface area contributed by atoms with Crippen molar-refractivity contribution in [3.05, 3.63) is 78.6 Å². The predicted molar refractivity (Wildman–Crippen MR) is 127 cm³/mol. The van der Waals surface area contributed by atoms with Gasteiger partial charge in [-0.25, -0.2) is 14.8 Å². The number of rotatable bonds is 5. The number of nitrogens with one attached hydrogen (secondary N) is 1. The van der Waals surface area contributed by atoms with Crippen LogP contribution in [0.5, 0.6) is 0 Å². The monoisotopic (exact) mass is 484 g/mol. The smallest absolute Gasteiger partial charge is 0.407 e. The van der Waals surface area contributed by atoms with Crippen LogP contribution in [0.15, 0.2) is 66.0 Å². The van der Waals surface area contributed by atoms with E-state index in [0.717, 1.165) is 11.3 Å². The molecule has 1 aliphatic heterocycles. The SMILES string of the molecule is Cc1ccc(-c2noc(C3CN(C(=O)O)C3)n2)cc1NC(=O)c1cnc2ccc(-n3ccnc3)cn12. The van der Waals surface area contributed by atoms with E-state index in [1.807, 2.05) is 48.1 Å². The molecule has 0 bridgehead atoms. The first-order valence-electron chi connectivity index (χ1n) is 11.2. The fraction of sp³-hybridized carbons (Fsp3) is 0.167. The van der Waals surface area contributed by atoms with Crippen LogP contribution < -0.4 is 5.32 Å². The summed E-state index contributed by atoms with van der Waals surface area (Å²) < 4.78 is 8.94. The molecule has 12 heteroatoms. The first-order valence-corrected chi connectivity index (χ1v) is 11.2. The summed E-state index contributed by atoms with van der Waals surface area (Å²) in [4.78, 5) is 38.3. The summed E-state index contributed by atoms with van der Waals surface area (Å²) in [6.07, 6.45) is 7.59. The van der Waals surface area contributed by atoms with Crippen LogP contribution >= 0.6 is 0 Å². The van der Waals surface area contributed by atoms with Crippen molar-refractivity contribution in [3.8, 4) is 17.1 Å². The number of aromatic nitrogens is 6. The molecule has 12 nitrogen and oxygen atoms in total. The molecule has 2 amide bonds. The van der Waals surface area contributed by atoms with Crippen LogP contribution in [0, 0.1) is 6.92 Å². The quantitative estimate of drug-likeness (QED) is 0.387. The summed E-state index contributed by atoms with van der Waals surface area (Å²) in [5, 5.41) is 16.0. The van der Waals surface area contributed by atoms with Crippen LogP contribution in [0.3, 0.4) is 0 Å². The van der Waals surface area contributed by atoms with E-state index in [4.69, 9.17) is 9.63 Å². The number of nitrogens with zero attached hydrogens (tertiary/aromatic N) is 7. The maximum absolute atomic E-state index is 13.2. The Labute approximate surface area is 203 Å². The second-order valence-corrected chi connectivity index (χ2v) is 8.55. The first kappa shape index (κ1) is 21.5. The zero-order valence-corrected chi connectivity index (χ0v) is 19.1. The van der Waals surface area contributed by atoms with Gasteiger partial charge in [-0.1, -0.05) is 17.3 Å². The largest absolute Gasteiger partial charge is 0.465 e. The molecular weight excluding hydrogens is 464 g/mol. The highest BCUT2D eigenvalue weighted by molar-refractivity contribution is 6.04. The lowest BCUT2D eigenvalue weighted by Gasteiger charge is -2.34. The molecule has 0 spiro atoms. The highest BCUT2D eigenvalue weighted by Crippen LogP contribution is 2.29. The molecule has 36 heavy (non-hydrogen) atoms. The number of benzene rings is 1. The molecule has 0 aliphatic carbocycles. The Hall–Kier alpha value is -5.00. The topological polar surface area (TPSA) is 144 Å². The van der Waals surface area contributed by atoms with Gasteiger partial charge in [0.25, 0.3) is 5.91 Å². The average molecular weight is 484 g/mol. The summed E-state index contributed by atoms with van der Waals surface area (Å²) in [6, 6.07) is 9.23. The molecule has 0 atom stereocenters. The van der Waals surface area contributed by atoms with Crippen LogP contribution in [0.4, 0.5) is 10.5 Å². The molecule has 180 valence electrons. The minimum atomic E-state index is -0.964. The van der Waals surface area contributed by atoms with Crippen molar-refractivity contribution in [3.63, 3.8) is 0 Å². The van der Waals surface area contributed by atoms with E-state index in [2.05, 4.69) is 25.4 Å². The Morgan fingerprint density at radius 1 is 1.19 bits per heavy atom. The van der Waals surface area contributed by atoms with Crippen molar-refractivity contribution < 1.29 is 19.2 Å². The summed E-state index contributed by atoms with van der Waals surface area (Å²) in [5.74, 6) is 0.332. The Kier molecular flexibility index (Phi) is 4.99. The van der Waals surface area contributed by atoms with Crippen LogP contribution in [-0.4, -0.2) is 64.2 Å². The number of anilines is 1. The van der Waals surface area contributed by atoms with Gasteiger partial charge in [0.15, 0.2) is 0 Å². The van der Waals surface area contributed by atoms with Gasteiger partial charge in [-0.3, -0.25) is 9.20 Å². The zero-order valence-electron chi connectivity index (χ0n) is 19.1. The van der Waals surface area contributed by atoms with Crippen molar-refractivity contribution >= 4 is 23.3 Å². The van der Waals surface area contributed by atoms with Gasteiger partial charge in [0.05, 0.1) is 24.1 Å². The molecule has 1 aliphatic rings. The number of hydrogen-bond acceptors (Lipinski definition) is 7. The summed E-state index contributed by atoms with van der Waals surface area (Å²) in [7, 11) is 0. The lowest BCUT2D eigenvalue weighted by Crippen LogP contribution is -2.47. The van der Waals surface area contributed by atoms with Crippen LogP contribution in [0.25, 0.3) is 22.7 Å². The molecule has 5 heterocycles. The second kappa shape index (κ2) is 8.34. The number of amides is 2. The standard InChI is InChI=1S/C24H20N8O4/c1-14-2-3-15(21-28-23(36-29-21)16-10-31(11-16)24(34)35)8-18(14)27-22(33)19-9-26-20-5-4-17(12-32(19)20)30-7-6-25-13-30/h2-9,12-13,16H,10-11H2,1H3,(H,27,33)(H,34,35). The van der Waals surface area contributed by atoms with Gasteiger partial charge in [-0.15, -0.1) is 0 Å². The molecular formula is C24H20N8O4. The van der Waals surface area contributed by atoms with Crippen molar-refractivity contribution in [1.82, 2.24) is 34.0 Å². The Morgan fingerprint density at radius 3 is 2.83 bits per heavy atom. The summed E-state index contributed by atoms with van der Waals surface area (Å²) in [5.41, 5.74) is 4.00. The van der Waals surface area contributed by atoms with E-state index in [-0.39, 0.29) is 11.8 Å². The van der Waals surface area contributed by atoms with Gasteiger partial charge >= 0.3 is 6.09 Å². The van der Waals surface area contributed by atoms with Gasteiger partial charge in [-0.2, -0.15) is 4.98 Å². The first-order chi connectivity index (χ1) is 17.5. The number of aryl methyl sites for hydroxylation is 1. The molecule has 0 radical (unpaired) electrons. The maximum atomic E-state index is 13.2. The van der Waals surface area contributed by atoms with Crippen molar-refractivity contribution in [2.45, 2.75) is 12.8 Å². The van der Waals surface area contributed by atoms with Gasteiger partial charge in [0.1, 0.15) is 11.3 Å². The van der Waals surface area contributed by atoms with E-state index in [1.54, 1.807) is 23.0 Å². The molecule has 1 saturated heterocycles. The number of hydrogen-bond donors (Lipinski definition) is 2. The van der Waals surface area contributed by atoms with Gasteiger partial charge in [-0.05, 0) is 30.7 Å². The maximum Gasteiger partial charge on any atom is 0.407 e. The Morgan fingerprint density at radius 2 is 2.06 bits per heavy atom. The predicted octanol–water partition coefficient (Wildman–Crippen LogP) is 3.21. The third kappa shape index (κ3) is 3.74. The lowest BCUT2D eigenvalue weighted by atomic mass is 10.0. The molecule has 0 unspecified atom stereocenters. The van der Waals surface area contributed by atoms with Crippen LogP contribution in [0.1, 0.15) is 27.9 Å². The highest BCUT2D eigenvalue weighted by atomic mass is 16.5. The second-order valence-electron chi connectivity index (χ2n) is 8.55. The van der Waals surface area contributed by atoms with Crippen molar-refractivity contribution in [1.29, 1.82) is 0 Å². The number of likely N-dealkylation sites (tertiary alicyclic amines) is 1. The summed E-state index contributed by atoms with van der Waals surface area (Å²) in [6.45, 7) is 2.55. The van der Waals surface area contributed by atoms with E-state index < -0.39 is 6.09 Å². The number of imidazole rings is 2. The molecule has 6 rings (SSSR count). The highest BCUT2D eigenvalue weighted by Gasteiger charge is 2.35. The summed E-state index contributed by atoms with van der Waals surface area (Å²) >= 11 is 0. The van der Waals surface area contributed by atoms with Crippen molar-refractivity contribution in [2.24, 2.45) is 0 Å². The third-order valence-corrected chi connectivity index (χ3v) is 6.21. The third-order valence-electron chi connectivity index (χ3n) is 6.21. The minimum absolute atomic E-state index is 0.116. The number of carbonyl (C=O) groups excluding carboxylic acids is 1. The van der Waals surface area contributed by atoms with E-state index >= 15 is 0 Å². The van der Waals surface area contributed by atoms with Gasteiger partial charge in [0, 0.05) is 42.9 Å². The number of pyridine rings is 1. The van der Waals surface area contributed by atoms with E-state index in [1.165, 1.54) is 11.1 Å². The fourth-order valence-corrected chi connectivity index (χ4v) is 4.09. The normalized spacial score (nSPS) is 13.6. The van der Waals surface area contributed by atoms with Crippen LogP contribution in [-0.2, 0) is 0 Å². The van der Waals surface area contributed by atoms with E-state index in [9.17, 15) is 9.59 Å². The number of fused-ring (bicyclic) bond motifs is 1. The van der Waals surface area contributed by atoms with Crippen LogP contribution in [0.2, 0.25) is 0 Å². The average Bonchev–Trinajstić information content (AvgIpc) is 3.60. The molecule has 1 fully saturated rings. The lowest BCUT2D eigenvalue weighted by molar-refractivity contribution is 0.0958.